The van der Waals surface area contributed by atoms with Crippen LogP contribution in [0, 0.1) is 6.92 Å². The lowest BCUT2D eigenvalue weighted by Crippen LogP contribution is -2.24. The minimum Gasteiger partial charge on any atom is -0.337 e. The summed E-state index contributed by atoms with van der Waals surface area (Å²) in [7, 11) is 0. The number of benzene rings is 2. The van der Waals surface area contributed by atoms with Gasteiger partial charge in [-0.1, -0.05) is 48.5 Å². The quantitative estimate of drug-likeness (QED) is 0.731. The molecule has 1 N–H and O–H groups in total. The summed E-state index contributed by atoms with van der Waals surface area (Å²) in [4.78, 5) is 23.2. The number of carbonyl (C=O) groups is 1. The maximum atomic E-state index is 12.4. The number of carbonyl (C=O) groups excluding carboxylic acids is 1. The molecule has 1 amide bonds. The molecule has 0 bridgehead atoms. The maximum absolute atomic E-state index is 12.4. The van der Waals surface area contributed by atoms with Crippen molar-refractivity contribution in [3.05, 3.63) is 83.7 Å². The average Bonchev–Trinajstić information content (AvgIpc) is 2.69. The number of aromatic nitrogens is 2. The van der Waals surface area contributed by atoms with Gasteiger partial charge in [-0.2, -0.15) is 0 Å². The Kier molecular flexibility index (Phi) is 5.59. The van der Waals surface area contributed by atoms with Crippen LogP contribution in [0.5, 0.6) is 0 Å². The molecular weight excluding hydrogens is 324 g/mol. The second-order valence-electron chi connectivity index (χ2n) is 6.04. The summed E-state index contributed by atoms with van der Waals surface area (Å²) in [5, 5.41) is 2.90. The Morgan fingerprint density at radius 2 is 1.65 bits per heavy atom. The van der Waals surface area contributed by atoms with E-state index in [2.05, 4.69) is 39.2 Å². The molecule has 0 radical (unpaired) electrons. The van der Waals surface area contributed by atoms with Crippen LogP contribution in [0.3, 0.4) is 0 Å². The van der Waals surface area contributed by atoms with Crippen molar-refractivity contribution in [3.8, 4) is 0 Å². The van der Waals surface area contributed by atoms with Crippen LogP contribution in [-0.4, -0.2) is 22.4 Å². The van der Waals surface area contributed by atoms with E-state index in [0.717, 1.165) is 24.3 Å². The lowest BCUT2D eigenvalue weighted by molar-refractivity contribution is 0.102. The van der Waals surface area contributed by atoms with E-state index in [1.807, 2.05) is 49.4 Å². The van der Waals surface area contributed by atoms with Gasteiger partial charge in [-0.3, -0.25) is 4.79 Å². The number of nitrogens with one attached hydrogen (secondary N) is 1. The molecule has 0 saturated heterocycles. The Labute approximate surface area is 153 Å². The molecular formula is C21H22N4O. The Morgan fingerprint density at radius 1 is 1.00 bits per heavy atom. The van der Waals surface area contributed by atoms with Gasteiger partial charge in [0.2, 0.25) is 5.95 Å². The number of nitrogens with zero attached hydrogens (tertiary/aromatic N) is 3. The fourth-order valence-electron chi connectivity index (χ4n) is 2.64. The first-order chi connectivity index (χ1) is 12.7. The van der Waals surface area contributed by atoms with Crippen molar-refractivity contribution in [1.29, 1.82) is 0 Å². The second-order valence-corrected chi connectivity index (χ2v) is 6.04. The van der Waals surface area contributed by atoms with Gasteiger partial charge in [0.05, 0.1) is 5.56 Å². The Hall–Kier alpha value is -3.21. The van der Waals surface area contributed by atoms with Crippen molar-refractivity contribution in [3.63, 3.8) is 0 Å². The van der Waals surface area contributed by atoms with Crippen LogP contribution in [0.1, 0.15) is 28.4 Å². The van der Waals surface area contributed by atoms with Crippen LogP contribution < -0.4 is 10.2 Å². The third-order valence-electron chi connectivity index (χ3n) is 4.17. The first-order valence-electron chi connectivity index (χ1n) is 8.65. The van der Waals surface area contributed by atoms with E-state index in [0.29, 0.717) is 11.5 Å². The molecule has 0 aliphatic carbocycles. The summed E-state index contributed by atoms with van der Waals surface area (Å²) in [5.41, 5.74) is 3.44. The van der Waals surface area contributed by atoms with Crippen LogP contribution >= 0.6 is 0 Å². The van der Waals surface area contributed by atoms with Gasteiger partial charge in [0, 0.05) is 31.2 Å². The third-order valence-corrected chi connectivity index (χ3v) is 4.17. The Balaban J connectivity index is 1.70. The minimum absolute atomic E-state index is 0.211. The van der Waals surface area contributed by atoms with Gasteiger partial charge in [-0.15, -0.1) is 0 Å². The number of amides is 1. The number of para-hydroxylation sites is 1. The number of anilines is 2. The topological polar surface area (TPSA) is 58.1 Å². The van der Waals surface area contributed by atoms with E-state index in [4.69, 9.17) is 0 Å². The fraction of sp³-hybridized carbons (Fsp3) is 0.190. The zero-order valence-corrected chi connectivity index (χ0v) is 15.0. The molecule has 0 aliphatic rings. The van der Waals surface area contributed by atoms with E-state index in [-0.39, 0.29) is 5.91 Å². The van der Waals surface area contributed by atoms with Gasteiger partial charge in [0.1, 0.15) is 0 Å². The van der Waals surface area contributed by atoms with E-state index in [1.54, 1.807) is 12.4 Å². The van der Waals surface area contributed by atoms with E-state index >= 15 is 0 Å². The number of rotatable bonds is 6. The summed E-state index contributed by atoms with van der Waals surface area (Å²) >= 11 is 0. The standard InChI is InChI=1S/C21H22N4O/c1-3-25(15-17-10-5-4-6-11-17)21-22-13-18(14-23-21)20(26)24-19-12-8-7-9-16(19)2/h4-14H,3,15H2,1-2H3,(H,24,26). The summed E-state index contributed by atoms with van der Waals surface area (Å²) in [5.74, 6) is 0.403. The molecule has 2 aromatic carbocycles. The van der Waals surface area contributed by atoms with E-state index in [9.17, 15) is 4.79 Å². The van der Waals surface area contributed by atoms with E-state index in [1.165, 1.54) is 5.56 Å². The van der Waals surface area contributed by atoms with Gasteiger partial charge in [0.25, 0.3) is 5.91 Å². The first kappa shape index (κ1) is 17.6. The minimum atomic E-state index is -0.211. The molecule has 1 heterocycles. The smallest absolute Gasteiger partial charge is 0.258 e. The first-order valence-corrected chi connectivity index (χ1v) is 8.65. The summed E-state index contributed by atoms with van der Waals surface area (Å²) in [6, 6.07) is 17.8. The SMILES string of the molecule is CCN(Cc1ccccc1)c1ncc(C(=O)Nc2ccccc2C)cn1. The second kappa shape index (κ2) is 8.25. The molecule has 3 aromatic rings. The highest BCUT2D eigenvalue weighted by Gasteiger charge is 2.12. The molecule has 0 saturated carbocycles. The normalized spacial score (nSPS) is 10.4. The molecule has 0 unspecified atom stereocenters. The summed E-state index contributed by atoms with van der Waals surface area (Å²) < 4.78 is 0. The predicted molar refractivity (Wildman–Crippen MR) is 104 cm³/mol. The maximum Gasteiger partial charge on any atom is 0.258 e. The highest BCUT2D eigenvalue weighted by Crippen LogP contribution is 2.16. The van der Waals surface area contributed by atoms with Gasteiger partial charge < -0.3 is 10.2 Å². The number of aryl methyl sites for hydroxylation is 1. The van der Waals surface area contributed by atoms with Crippen LogP contribution in [0.25, 0.3) is 0 Å². The zero-order chi connectivity index (χ0) is 18.4. The van der Waals surface area contributed by atoms with Gasteiger partial charge in [-0.25, -0.2) is 9.97 Å². The zero-order valence-electron chi connectivity index (χ0n) is 15.0. The van der Waals surface area contributed by atoms with Crippen molar-refractivity contribution in [2.45, 2.75) is 20.4 Å². The Bertz CT molecular complexity index is 863. The molecule has 3 rings (SSSR count). The molecule has 5 nitrogen and oxygen atoms in total. The lowest BCUT2D eigenvalue weighted by Gasteiger charge is -2.20. The molecule has 132 valence electrons. The molecule has 26 heavy (non-hydrogen) atoms. The molecule has 0 atom stereocenters. The van der Waals surface area contributed by atoms with Crippen molar-refractivity contribution >= 4 is 17.5 Å². The van der Waals surface area contributed by atoms with Crippen LogP contribution in [0.2, 0.25) is 0 Å². The Morgan fingerprint density at radius 3 is 2.31 bits per heavy atom. The highest BCUT2D eigenvalue weighted by molar-refractivity contribution is 6.04. The predicted octanol–water partition coefficient (Wildman–Crippen LogP) is 4.06. The van der Waals surface area contributed by atoms with Gasteiger partial charge in [-0.05, 0) is 31.0 Å². The van der Waals surface area contributed by atoms with Crippen LogP contribution in [0.4, 0.5) is 11.6 Å². The molecule has 5 heteroatoms. The van der Waals surface area contributed by atoms with Crippen molar-refractivity contribution in [2.75, 3.05) is 16.8 Å². The van der Waals surface area contributed by atoms with Crippen molar-refractivity contribution in [1.82, 2.24) is 9.97 Å². The fourth-order valence-corrected chi connectivity index (χ4v) is 2.64. The van der Waals surface area contributed by atoms with Crippen molar-refractivity contribution < 1.29 is 4.79 Å². The summed E-state index contributed by atoms with van der Waals surface area (Å²) in [6.07, 6.45) is 3.15. The summed E-state index contributed by atoms with van der Waals surface area (Å²) in [6.45, 7) is 5.53. The number of hydrogen-bond acceptors (Lipinski definition) is 4. The molecule has 0 spiro atoms. The van der Waals surface area contributed by atoms with Gasteiger partial charge in [0.15, 0.2) is 0 Å². The van der Waals surface area contributed by atoms with Crippen LogP contribution in [0.15, 0.2) is 67.0 Å². The molecule has 0 aliphatic heterocycles. The molecule has 1 aromatic heterocycles. The monoisotopic (exact) mass is 346 g/mol. The lowest BCUT2D eigenvalue weighted by atomic mass is 10.2. The largest absolute Gasteiger partial charge is 0.337 e. The van der Waals surface area contributed by atoms with Gasteiger partial charge >= 0.3 is 0 Å². The average molecular weight is 346 g/mol. The van der Waals surface area contributed by atoms with E-state index < -0.39 is 0 Å². The number of hydrogen-bond donors (Lipinski definition) is 1. The van der Waals surface area contributed by atoms with Crippen molar-refractivity contribution in [2.24, 2.45) is 0 Å². The third kappa shape index (κ3) is 4.25. The molecule has 0 fully saturated rings. The highest BCUT2D eigenvalue weighted by atomic mass is 16.1. The van der Waals surface area contributed by atoms with Crippen LogP contribution in [-0.2, 0) is 6.54 Å².